The van der Waals surface area contributed by atoms with Crippen LogP contribution in [0.5, 0.6) is 5.88 Å². The number of ether oxygens (including phenoxy) is 1. The van der Waals surface area contributed by atoms with E-state index in [4.69, 9.17) is 4.74 Å². The number of methoxy groups -OCH3 is 1. The van der Waals surface area contributed by atoms with Crippen LogP contribution in [0, 0.1) is 5.92 Å². The van der Waals surface area contributed by atoms with Gasteiger partial charge in [0, 0.05) is 38.0 Å². The number of nitrogens with one attached hydrogen (secondary N) is 1. The van der Waals surface area contributed by atoms with E-state index in [0.29, 0.717) is 24.0 Å². The van der Waals surface area contributed by atoms with Gasteiger partial charge in [-0.2, -0.15) is 0 Å². The highest BCUT2D eigenvalue weighted by atomic mass is 16.5. The molecule has 110 valence electrons. The summed E-state index contributed by atoms with van der Waals surface area (Å²) in [5.41, 5.74) is 0.299. The number of rotatable bonds is 4. The maximum atomic E-state index is 12.0. The Labute approximate surface area is 122 Å². The average molecular weight is 287 g/mol. The second-order valence-electron chi connectivity index (χ2n) is 5.07. The Morgan fingerprint density at radius 1 is 1.48 bits per heavy atom. The first-order chi connectivity index (χ1) is 10.3. The summed E-state index contributed by atoms with van der Waals surface area (Å²) in [6.45, 7) is 1.58. The smallest absolute Gasteiger partial charge is 0.271 e. The highest BCUT2D eigenvalue weighted by Crippen LogP contribution is 2.18. The third-order valence-corrected chi connectivity index (χ3v) is 3.68. The molecule has 0 spiro atoms. The van der Waals surface area contributed by atoms with Crippen molar-refractivity contribution in [3.8, 4) is 5.88 Å². The molecule has 7 nitrogen and oxygen atoms in total. The van der Waals surface area contributed by atoms with E-state index in [2.05, 4.69) is 25.1 Å². The lowest BCUT2D eigenvalue weighted by molar-refractivity contribution is 0.0938. The van der Waals surface area contributed by atoms with Crippen LogP contribution < -0.4 is 10.1 Å². The number of carbonyl (C=O) groups is 1. The van der Waals surface area contributed by atoms with E-state index in [1.165, 1.54) is 7.11 Å². The van der Waals surface area contributed by atoms with Crippen LogP contribution in [0.15, 0.2) is 24.5 Å². The van der Waals surface area contributed by atoms with Crippen molar-refractivity contribution in [3.05, 3.63) is 36.0 Å². The Balaban J connectivity index is 1.54. The summed E-state index contributed by atoms with van der Waals surface area (Å²) in [6, 6.07) is 3.23. The summed E-state index contributed by atoms with van der Waals surface area (Å²) in [5, 5.41) is 10.5. The van der Waals surface area contributed by atoms with Crippen LogP contribution in [0.1, 0.15) is 22.7 Å². The summed E-state index contributed by atoms with van der Waals surface area (Å²) in [5.74, 6) is 1.68. The summed E-state index contributed by atoms with van der Waals surface area (Å²) < 4.78 is 7.08. The first kappa shape index (κ1) is 13.5. The normalized spacial score (nSPS) is 17.1. The van der Waals surface area contributed by atoms with Gasteiger partial charge in [-0.05, 0) is 18.4 Å². The van der Waals surface area contributed by atoms with Crippen LogP contribution in [0.25, 0.3) is 0 Å². The largest absolute Gasteiger partial charge is 0.480 e. The quantitative estimate of drug-likeness (QED) is 0.894. The van der Waals surface area contributed by atoms with E-state index >= 15 is 0 Å². The molecule has 0 fully saturated rings. The molecule has 1 N–H and O–H groups in total. The Morgan fingerprint density at radius 2 is 2.38 bits per heavy atom. The summed E-state index contributed by atoms with van der Waals surface area (Å²) in [7, 11) is 1.51. The van der Waals surface area contributed by atoms with Crippen molar-refractivity contribution >= 4 is 5.91 Å². The van der Waals surface area contributed by atoms with Gasteiger partial charge in [0.2, 0.25) is 5.88 Å². The molecule has 1 unspecified atom stereocenters. The zero-order valence-corrected chi connectivity index (χ0v) is 11.8. The van der Waals surface area contributed by atoms with E-state index in [1.54, 1.807) is 12.1 Å². The third kappa shape index (κ3) is 3.01. The average Bonchev–Trinajstić information content (AvgIpc) is 3.00. The molecule has 0 bridgehead atoms. The lowest BCUT2D eigenvalue weighted by Gasteiger charge is -2.23. The number of aromatic nitrogens is 4. The van der Waals surface area contributed by atoms with Crippen LogP contribution in [-0.4, -0.2) is 39.3 Å². The number of imidazole rings is 1. The van der Waals surface area contributed by atoms with E-state index in [1.807, 2.05) is 12.4 Å². The first-order valence-corrected chi connectivity index (χ1v) is 6.92. The standard InChI is InChI=1S/C14H17N5O2/c1-21-13-3-2-11(17-18-13)14(20)16-9-10-4-6-19-7-5-15-12(19)8-10/h2-3,5,7,10H,4,6,8-9H2,1H3,(H,16,20). The minimum absolute atomic E-state index is 0.209. The molecule has 0 radical (unpaired) electrons. The lowest BCUT2D eigenvalue weighted by atomic mass is 9.98. The van der Waals surface area contributed by atoms with E-state index < -0.39 is 0 Å². The van der Waals surface area contributed by atoms with E-state index in [-0.39, 0.29) is 5.91 Å². The lowest BCUT2D eigenvalue weighted by Crippen LogP contribution is -2.33. The molecule has 0 aliphatic carbocycles. The summed E-state index contributed by atoms with van der Waals surface area (Å²) >= 11 is 0. The molecule has 2 aromatic rings. The van der Waals surface area contributed by atoms with Crippen LogP contribution in [0.4, 0.5) is 0 Å². The van der Waals surface area contributed by atoms with Gasteiger partial charge in [0.1, 0.15) is 5.82 Å². The van der Waals surface area contributed by atoms with Gasteiger partial charge in [0.05, 0.1) is 7.11 Å². The van der Waals surface area contributed by atoms with Crippen molar-refractivity contribution in [2.24, 2.45) is 5.92 Å². The van der Waals surface area contributed by atoms with Gasteiger partial charge in [-0.1, -0.05) is 0 Å². The highest BCUT2D eigenvalue weighted by molar-refractivity contribution is 5.92. The number of carbonyl (C=O) groups excluding carboxylic acids is 1. The second-order valence-corrected chi connectivity index (χ2v) is 5.07. The number of fused-ring (bicyclic) bond motifs is 1. The van der Waals surface area contributed by atoms with E-state index in [9.17, 15) is 4.79 Å². The minimum atomic E-state index is -0.209. The molecule has 3 rings (SSSR count). The van der Waals surface area contributed by atoms with Crippen molar-refractivity contribution in [3.63, 3.8) is 0 Å². The molecule has 7 heteroatoms. The van der Waals surface area contributed by atoms with Crippen LogP contribution >= 0.6 is 0 Å². The Morgan fingerprint density at radius 3 is 3.14 bits per heavy atom. The van der Waals surface area contributed by atoms with Crippen molar-refractivity contribution in [2.75, 3.05) is 13.7 Å². The first-order valence-electron chi connectivity index (χ1n) is 6.92. The predicted molar refractivity (Wildman–Crippen MR) is 75.0 cm³/mol. The number of amides is 1. The van der Waals surface area contributed by atoms with Crippen molar-refractivity contribution in [1.82, 2.24) is 25.1 Å². The zero-order chi connectivity index (χ0) is 14.7. The molecule has 1 aliphatic rings. The number of hydrogen-bond acceptors (Lipinski definition) is 5. The van der Waals surface area contributed by atoms with Crippen LogP contribution in [0.3, 0.4) is 0 Å². The Kier molecular flexibility index (Phi) is 3.81. The number of hydrogen-bond donors (Lipinski definition) is 1. The molecule has 21 heavy (non-hydrogen) atoms. The van der Waals surface area contributed by atoms with Gasteiger partial charge in [-0.3, -0.25) is 4.79 Å². The Hall–Kier alpha value is -2.44. The van der Waals surface area contributed by atoms with Crippen molar-refractivity contribution in [1.29, 1.82) is 0 Å². The molecule has 1 amide bonds. The topological polar surface area (TPSA) is 81.9 Å². The van der Waals surface area contributed by atoms with Crippen LogP contribution in [-0.2, 0) is 13.0 Å². The van der Waals surface area contributed by atoms with Crippen molar-refractivity contribution < 1.29 is 9.53 Å². The summed E-state index contributed by atoms with van der Waals surface area (Å²) in [4.78, 5) is 16.3. The highest BCUT2D eigenvalue weighted by Gasteiger charge is 2.20. The molecule has 0 saturated heterocycles. The molecule has 0 saturated carbocycles. The maximum absolute atomic E-state index is 12.0. The minimum Gasteiger partial charge on any atom is -0.480 e. The third-order valence-electron chi connectivity index (χ3n) is 3.68. The molecule has 0 aromatic carbocycles. The molecular weight excluding hydrogens is 270 g/mol. The maximum Gasteiger partial charge on any atom is 0.271 e. The molecule has 1 atom stereocenters. The van der Waals surface area contributed by atoms with Gasteiger partial charge in [-0.15, -0.1) is 10.2 Å². The molecule has 1 aliphatic heterocycles. The Bertz CT molecular complexity index is 623. The summed E-state index contributed by atoms with van der Waals surface area (Å²) in [6.07, 6.45) is 5.75. The van der Waals surface area contributed by atoms with Gasteiger partial charge >= 0.3 is 0 Å². The fourth-order valence-electron chi connectivity index (χ4n) is 2.47. The van der Waals surface area contributed by atoms with Gasteiger partial charge in [0.15, 0.2) is 5.69 Å². The predicted octanol–water partition coefficient (Wildman–Crippen LogP) is 0.674. The van der Waals surface area contributed by atoms with E-state index in [0.717, 1.165) is 25.2 Å². The van der Waals surface area contributed by atoms with Crippen molar-refractivity contribution in [2.45, 2.75) is 19.4 Å². The van der Waals surface area contributed by atoms with Crippen LogP contribution in [0.2, 0.25) is 0 Å². The van der Waals surface area contributed by atoms with Gasteiger partial charge < -0.3 is 14.6 Å². The molecule has 2 aromatic heterocycles. The number of aryl methyl sites for hydroxylation is 1. The second kappa shape index (κ2) is 5.90. The van der Waals surface area contributed by atoms with Gasteiger partial charge in [0.25, 0.3) is 5.91 Å². The molecular formula is C14H17N5O2. The fourth-order valence-corrected chi connectivity index (χ4v) is 2.47. The van der Waals surface area contributed by atoms with Gasteiger partial charge in [-0.25, -0.2) is 4.98 Å². The SMILES string of the molecule is COc1ccc(C(=O)NCC2CCn3ccnc3C2)nn1. The number of nitrogens with zero attached hydrogens (tertiary/aromatic N) is 4. The molecule has 3 heterocycles. The fraction of sp³-hybridized carbons (Fsp3) is 0.429. The zero-order valence-electron chi connectivity index (χ0n) is 11.8. The monoisotopic (exact) mass is 287 g/mol.